The first-order valence-electron chi connectivity index (χ1n) is 5.77. The highest BCUT2D eigenvalue weighted by molar-refractivity contribution is 5.10. The molecule has 0 amide bonds. The molecule has 3 heteroatoms. The van der Waals surface area contributed by atoms with Crippen molar-refractivity contribution in [2.24, 2.45) is 11.7 Å². The third-order valence-corrected chi connectivity index (χ3v) is 3.46. The van der Waals surface area contributed by atoms with E-state index in [1.807, 2.05) is 6.26 Å². The van der Waals surface area contributed by atoms with Gasteiger partial charge in [-0.3, -0.25) is 4.90 Å². The van der Waals surface area contributed by atoms with Crippen molar-refractivity contribution in [3.63, 3.8) is 0 Å². The van der Waals surface area contributed by atoms with E-state index in [2.05, 4.69) is 17.9 Å². The highest BCUT2D eigenvalue weighted by Gasteiger charge is 2.23. The summed E-state index contributed by atoms with van der Waals surface area (Å²) in [4.78, 5) is 2.51. The maximum atomic E-state index is 5.74. The molecule has 2 unspecified atom stereocenters. The smallest absolute Gasteiger partial charge is 0.0950 e. The van der Waals surface area contributed by atoms with Crippen molar-refractivity contribution >= 4 is 0 Å². The molecule has 1 aliphatic rings. The van der Waals surface area contributed by atoms with E-state index in [0.29, 0.717) is 12.0 Å². The quantitative estimate of drug-likeness (QED) is 0.826. The van der Waals surface area contributed by atoms with Crippen LogP contribution in [0.3, 0.4) is 0 Å². The topological polar surface area (TPSA) is 42.4 Å². The average molecular weight is 208 g/mol. The minimum atomic E-state index is 0.457. The lowest BCUT2D eigenvalue weighted by Gasteiger charge is -2.36. The molecule has 84 valence electrons. The molecule has 0 aromatic carbocycles. The van der Waals surface area contributed by atoms with E-state index >= 15 is 0 Å². The molecule has 15 heavy (non-hydrogen) atoms. The van der Waals surface area contributed by atoms with Crippen LogP contribution in [0.5, 0.6) is 0 Å². The Labute approximate surface area is 91.2 Å². The van der Waals surface area contributed by atoms with Crippen molar-refractivity contribution in [3.8, 4) is 0 Å². The van der Waals surface area contributed by atoms with Gasteiger partial charge in [-0.1, -0.05) is 0 Å². The molecule has 2 N–H and O–H groups in total. The summed E-state index contributed by atoms with van der Waals surface area (Å²) in [7, 11) is 0. The van der Waals surface area contributed by atoms with Crippen LogP contribution in [0.4, 0.5) is 0 Å². The van der Waals surface area contributed by atoms with E-state index < -0.39 is 0 Å². The molecule has 0 saturated carbocycles. The van der Waals surface area contributed by atoms with Gasteiger partial charge < -0.3 is 10.2 Å². The lowest BCUT2D eigenvalue weighted by atomic mass is 9.96. The van der Waals surface area contributed by atoms with Crippen molar-refractivity contribution < 1.29 is 4.42 Å². The number of nitrogens with zero attached hydrogens (tertiary/aromatic N) is 1. The number of piperidine rings is 1. The molecule has 1 aromatic heterocycles. The first-order chi connectivity index (χ1) is 7.31. The summed E-state index contributed by atoms with van der Waals surface area (Å²) in [5.74, 6) is 0.674. The van der Waals surface area contributed by atoms with Gasteiger partial charge in [-0.2, -0.15) is 0 Å². The summed E-state index contributed by atoms with van der Waals surface area (Å²) in [5, 5.41) is 0. The van der Waals surface area contributed by atoms with Gasteiger partial charge in [-0.25, -0.2) is 0 Å². The van der Waals surface area contributed by atoms with Crippen LogP contribution in [-0.2, 0) is 0 Å². The summed E-state index contributed by atoms with van der Waals surface area (Å²) in [6.07, 6.45) is 6.14. The van der Waals surface area contributed by atoms with Crippen molar-refractivity contribution in [1.82, 2.24) is 4.90 Å². The van der Waals surface area contributed by atoms with E-state index in [9.17, 15) is 0 Å². The number of nitrogens with two attached hydrogens (primary N) is 1. The Balaban J connectivity index is 1.98. The molecule has 1 fully saturated rings. The number of hydrogen-bond acceptors (Lipinski definition) is 3. The van der Waals surface area contributed by atoms with Gasteiger partial charge in [0.15, 0.2) is 0 Å². The zero-order chi connectivity index (χ0) is 10.7. The summed E-state index contributed by atoms with van der Waals surface area (Å²) >= 11 is 0. The fourth-order valence-corrected chi connectivity index (χ4v) is 2.36. The average Bonchev–Trinajstić information content (AvgIpc) is 2.81. The van der Waals surface area contributed by atoms with Gasteiger partial charge in [-0.05, 0) is 44.8 Å². The number of hydrogen-bond donors (Lipinski definition) is 1. The van der Waals surface area contributed by atoms with Crippen molar-refractivity contribution in [2.75, 3.05) is 19.6 Å². The highest BCUT2D eigenvalue weighted by Crippen LogP contribution is 2.26. The predicted octanol–water partition coefficient (Wildman–Crippen LogP) is 2.01. The Morgan fingerprint density at radius 3 is 3.20 bits per heavy atom. The van der Waals surface area contributed by atoms with E-state index in [1.165, 1.54) is 24.9 Å². The van der Waals surface area contributed by atoms with E-state index in [0.717, 1.165) is 13.1 Å². The molecule has 0 aliphatic carbocycles. The SMILES string of the molecule is CC(c1ccoc1)N1CCCC(CN)C1. The van der Waals surface area contributed by atoms with Crippen LogP contribution < -0.4 is 5.73 Å². The van der Waals surface area contributed by atoms with Gasteiger partial charge in [0, 0.05) is 18.2 Å². The van der Waals surface area contributed by atoms with Gasteiger partial charge in [0.2, 0.25) is 0 Å². The molecule has 1 aromatic rings. The Hall–Kier alpha value is -0.800. The van der Waals surface area contributed by atoms with E-state index in [4.69, 9.17) is 10.2 Å². The Kier molecular flexibility index (Phi) is 3.44. The molecule has 1 aliphatic heterocycles. The van der Waals surface area contributed by atoms with Crippen LogP contribution in [0.25, 0.3) is 0 Å². The maximum Gasteiger partial charge on any atom is 0.0950 e. The predicted molar refractivity (Wildman–Crippen MR) is 60.5 cm³/mol. The fourth-order valence-electron chi connectivity index (χ4n) is 2.36. The lowest BCUT2D eigenvalue weighted by molar-refractivity contribution is 0.134. The summed E-state index contributed by atoms with van der Waals surface area (Å²) < 4.78 is 5.13. The van der Waals surface area contributed by atoms with Crippen LogP contribution >= 0.6 is 0 Å². The van der Waals surface area contributed by atoms with E-state index in [1.54, 1.807) is 6.26 Å². The second-order valence-corrected chi connectivity index (χ2v) is 4.47. The van der Waals surface area contributed by atoms with Gasteiger partial charge in [0.05, 0.1) is 12.5 Å². The molecule has 1 saturated heterocycles. The molecule has 2 rings (SSSR count). The molecule has 0 bridgehead atoms. The summed E-state index contributed by atoms with van der Waals surface area (Å²) in [5.41, 5.74) is 7.01. The van der Waals surface area contributed by atoms with Crippen LogP contribution in [-0.4, -0.2) is 24.5 Å². The van der Waals surface area contributed by atoms with Crippen molar-refractivity contribution in [2.45, 2.75) is 25.8 Å². The molecule has 2 atom stereocenters. The van der Waals surface area contributed by atoms with E-state index in [-0.39, 0.29) is 0 Å². The normalized spacial score (nSPS) is 25.3. The standard InChI is InChI=1S/C12H20N2O/c1-10(12-4-6-15-9-12)14-5-2-3-11(7-13)8-14/h4,6,9-11H,2-3,5,7-8,13H2,1H3. The van der Waals surface area contributed by atoms with Crippen LogP contribution in [0.1, 0.15) is 31.4 Å². The minimum absolute atomic E-state index is 0.457. The van der Waals surface area contributed by atoms with Gasteiger partial charge in [0.1, 0.15) is 0 Å². The third-order valence-electron chi connectivity index (χ3n) is 3.46. The van der Waals surface area contributed by atoms with Crippen LogP contribution in [0.15, 0.2) is 23.0 Å². The summed E-state index contributed by atoms with van der Waals surface area (Å²) in [6.45, 7) is 5.37. The highest BCUT2D eigenvalue weighted by atomic mass is 16.3. The minimum Gasteiger partial charge on any atom is -0.472 e. The second-order valence-electron chi connectivity index (χ2n) is 4.47. The van der Waals surface area contributed by atoms with Crippen molar-refractivity contribution in [1.29, 1.82) is 0 Å². The number of likely N-dealkylation sites (tertiary alicyclic amines) is 1. The van der Waals surface area contributed by atoms with Gasteiger partial charge >= 0.3 is 0 Å². The van der Waals surface area contributed by atoms with Crippen LogP contribution in [0, 0.1) is 5.92 Å². The Morgan fingerprint density at radius 1 is 1.67 bits per heavy atom. The lowest BCUT2D eigenvalue weighted by Crippen LogP contribution is -2.39. The van der Waals surface area contributed by atoms with Crippen molar-refractivity contribution in [3.05, 3.63) is 24.2 Å². The third kappa shape index (κ3) is 2.41. The van der Waals surface area contributed by atoms with Gasteiger partial charge in [-0.15, -0.1) is 0 Å². The second kappa shape index (κ2) is 4.81. The first kappa shape index (κ1) is 10.7. The molecule has 0 spiro atoms. The molecule has 3 nitrogen and oxygen atoms in total. The zero-order valence-corrected chi connectivity index (χ0v) is 9.36. The van der Waals surface area contributed by atoms with Crippen LogP contribution in [0.2, 0.25) is 0 Å². The molecular formula is C12H20N2O. The molecular weight excluding hydrogens is 188 g/mol. The maximum absolute atomic E-state index is 5.74. The fraction of sp³-hybridized carbons (Fsp3) is 0.667. The monoisotopic (exact) mass is 208 g/mol. The molecule has 0 radical (unpaired) electrons. The first-order valence-corrected chi connectivity index (χ1v) is 5.77. The Bertz CT molecular complexity index is 284. The van der Waals surface area contributed by atoms with Gasteiger partial charge in [0.25, 0.3) is 0 Å². The zero-order valence-electron chi connectivity index (χ0n) is 9.36. The Morgan fingerprint density at radius 2 is 2.53 bits per heavy atom. The molecule has 2 heterocycles. The number of furan rings is 1. The summed E-state index contributed by atoms with van der Waals surface area (Å²) in [6, 6.07) is 2.51. The number of rotatable bonds is 3. The largest absolute Gasteiger partial charge is 0.472 e.